The molecule has 0 spiro atoms. The van der Waals surface area contributed by atoms with Gasteiger partial charge in [-0.3, -0.25) is 5.43 Å². The van der Waals surface area contributed by atoms with E-state index in [0.29, 0.717) is 17.9 Å². The molecule has 2 aromatic rings. The molecule has 0 aliphatic rings. The zero-order valence-electron chi connectivity index (χ0n) is 12.1. The zero-order chi connectivity index (χ0) is 14.9. The summed E-state index contributed by atoms with van der Waals surface area (Å²) in [6.45, 7) is 2.72. The van der Waals surface area contributed by atoms with E-state index < -0.39 is 0 Å². The summed E-state index contributed by atoms with van der Waals surface area (Å²) < 4.78 is 19.0. The molecule has 4 heteroatoms. The van der Waals surface area contributed by atoms with E-state index in [4.69, 9.17) is 4.74 Å². The van der Waals surface area contributed by atoms with Gasteiger partial charge in [0.05, 0.1) is 18.5 Å². The molecular weight excluding hydrogens is 267 g/mol. The maximum atomic E-state index is 13.3. The van der Waals surface area contributed by atoms with Gasteiger partial charge in [-0.25, -0.2) is 4.39 Å². The summed E-state index contributed by atoms with van der Waals surface area (Å²) in [5.74, 6) is 0.336. The Balaban J connectivity index is 2.05. The fourth-order valence-corrected chi connectivity index (χ4v) is 1.77. The summed E-state index contributed by atoms with van der Waals surface area (Å²) >= 11 is 0. The molecule has 0 aliphatic heterocycles. The number of ether oxygens (including phenoxy) is 1. The summed E-state index contributed by atoms with van der Waals surface area (Å²) in [6, 6.07) is 14.0. The van der Waals surface area contributed by atoms with E-state index in [2.05, 4.69) is 17.5 Å². The van der Waals surface area contributed by atoms with Gasteiger partial charge in [-0.15, -0.1) is 0 Å². The molecule has 0 heterocycles. The zero-order valence-corrected chi connectivity index (χ0v) is 12.1. The molecule has 0 unspecified atom stereocenters. The molecule has 2 aromatic carbocycles. The van der Waals surface area contributed by atoms with Crippen LogP contribution < -0.4 is 10.2 Å². The third-order valence-electron chi connectivity index (χ3n) is 2.90. The number of rotatable bonds is 7. The Morgan fingerprint density at radius 3 is 2.76 bits per heavy atom. The topological polar surface area (TPSA) is 33.6 Å². The van der Waals surface area contributed by atoms with E-state index in [1.54, 1.807) is 12.3 Å². The highest BCUT2D eigenvalue weighted by molar-refractivity contribution is 5.84. The van der Waals surface area contributed by atoms with Gasteiger partial charge in [0.1, 0.15) is 11.6 Å². The monoisotopic (exact) mass is 286 g/mol. The third kappa shape index (κ3) is 4.91. The minimum Gasteiger partial charge on any atom is -0.493 e. The number of halogens is 1. The van der Waals surface area contributed by atoms with Crippen LogP contribution in [0.4, 0.5) is 10.1 Å². The van der Waals surface area contributed by atoms with E-state index in [-0.39, 0.29) is 5.82 Å². The van der Waals surface area contributed by atoms with Crippen molar-refractivity contribution >= 4 is 11.9 Å². The summed E-state index contributed by atoms with van der Waals surface area (Å²) in [6.07, 6.45) is 3.59. The molecule has 0 aromatic heterocycles. The second-order valence-corrected chi connectivity index (χ2v) is 4.62. The lowest BCUT2D eigenvalue weighted by molar-refractivity contribution is 0.308. The van der Waals surface area contributed by atoms with Crippen molar-refractivity contribution in [2.45, 2.75) is 19.8 Å². The molecule has 0 saturated heterocycles. The molecule has 21 heavy (non-hydrogen) atoms. The van der Waals surface area contributed by atoms with Crippen LogP contribution in [0.15, 0.2) is 53.6 Å². The molecule has 3 nitrogen and oxygen atoms in total. The SMILES string of the molecule is CCCCOc1ccc(F)cc1C=NNc1ccccc1. The quantitative estimate of drug-likeness (QED) is 0.463. The molecule has 0 aliphatic carbocycles. The van der Waals surface area contributed by atoms with E-state index in [9.17, 15) is 4.39 Å². The van der Waals surface area contributed by atoms with Gasteiger partial charge in [-0.2, -0.15) is 5.10 Å². The van der Waals surface area contributed by atoms with Gasteiger partial charge in [0.15, 0.2) is 0 Å². The van der Waals surface area contributed by atoms with Crippen molar-refractivity contribution in [3.05, 3.63) is 59.9 Å². The summed E-state index contributed by atoms with van der Waals surface area (Å²) in [5, 5.41) is 4.12. The molecular formula is C17H19FN2O. The number of para-hydroxylation sites is 1. The van der Waals surface area contributed by atoms with Crippen LogP contribution >= 0.6 is 0 Å². The van der Waals surface area contributed by atoms with E-state index in [1.807, 2.05) is 30.3 Å². The Bertz CT molecular complexity index is 585. The normalized spacial score (nSPS) is 10.8. The van der Waals surface area contributed by atoms with Gasteiger partial charge in [0, 0.05) is 5.56 Å². The maximum Gasteiger partial charge on any atom is 0.128 e. The number of anilines is 1. The van der Waals surface area contributed by atoms with Crippen LogP contribution in [0.3, 0.4) is 0 Å². The molecule has 0 fully saturated rings. The molecule has 0 saturated carbocycles. The number of nitrogens with one attached hydrogen (secondary N) is 1. The van der Waals surface area contributed by atoms with Gasteiger partial charge in [-0.05, 0) is 36.8 Å². The third-order valence-corrected chi connectivity index (χ3v) is 2.90. The number of hydrogen-bond acceptors (Lipinski definition) is 3. The van der Waals surface area contributed by atoms with Crippen molar-refractivity contribution in [1.29, 1.82) is 0 Å². The summed E-state index contributed by atoms with van der Waals surface area (Å²) in [4.78, 5) is 0. The predicted molar refractivity (Wildman–Crippen MR) is 84.5 cm³/mol. The van der Waals surface area contributed by atoms with Crippen LogP contribution in [0.5, 0.6) is 5.75 Å². The lowest BCUT2D eigenvalue weighted by Crippen LogP contribution is -2.00. The van der Waals surface area contributed by atoms with Crippen LogP contribution in [-0.4, -0.2) is 12.8 Å². The van der Waals surface area contributed by atoms with Crippen LogP contribution in [-0.2, 0) is 0 Å². The van der Waals surface area contributed by atoms with Crippen LogP contribution in [0.1, 0.15) is 25.3 Å². The standard InChI is InChI=1S/C17H19FN2O/c1-2-3-11-21-17-10-9-15(18)12-14(17)13-19-20-16-7-5-4-6-8-16/h4-10,12-13,20H,2-3,11H2,1H3. The number of nitrogens with zero attached hydrogens (tertiary/aromatic N) is 1. The van der Waals surface area contributed by atoms with Crippen molar-refractivity contribution < 1.29 is 9.13 Å². The largest absolute Gasteiger partial charge is 0.493 e. The average Bonchev–Trinajstić information content (AvgIpc) is 2.51. The first-order chi connectivity index (χ1) is 10.3. The Labute approximate surface area is 124 Å². The first-order valence-corrected chi connectivity index (χ1v) is 7.06. The fourth-order valence-electron chi connectivity index (χ4n) is 1.77. The van der Waals surface area contributed by atoms with E-state index in [1.165, 1.54) is 12.1 Å². The Morgan fingerprint density at radius 1 is 1.19 bits per heavy atom. The summed E-state index contributed by atoms with van der Waals surface area (Å²) in [7, 11) is 0. The lowest BCUT2D eigenvalue weighted by Gasteiger charge is -2.08. The Hall–Kier alpha value is -2.36. The van der Waals surface area contributed by atoms with E-state index >= 15 is 0 Å². The van der Waals surface area contributed by atoms with Crippen LogP contribution in [0, 0.1) is 5.82 Å². The van der Waals surface area contributed by atoms with Gasteiger partial charge >= 0.3 is 0 Å². The molecule has 0 bridgehead atoms. The minimum absolute atomic E-state index is 0.306. The molecule has 110 valence electrons. The van der Waals surface area contributed by atoms with Gasteiger partial charge in [0.25, 0.3) is 0 Å². The van der Waals surface area contributed by atoms with Crippen LogP contribution in [0.25, 0.3) is 0 Å². The smallest absolute Gasteiger partial charge is 0.128 e. The molecule has 0 radical (unpaired) electrons. The van der Waals surface area contributed by atoms with Crippen LogP contribution in [0.2, 0.25) is 0 Å². The molecule has 1 N–H and O–H groups in total. The van der Waals surface area contributed by atoms with Crippen molar-refractivity contribution in [2.24, 2.45) is 5.10 Å². The minimum atomic E-state index is -0.306. The average molecular weight is 286 g/mol. The second-order valence-electron chi connectivity index (χ2n) is 4.62. The highest BCUT2D eigenvalue weighted by Crippen LogP contribution is 2.18. The van der Waals surface area contributed by atoms with Crippen molar-refractivity contribution in [1.82, 2.24) is 0 Å². The van der Waals surface area contributed by atoms with E-state index in [0.717, 1.165) is 18.5 Å². The maximum absolute atomic E-state index is 13.3. The van der Waals surface area contributed by atoms with Crippen molar-refractivity contribution in [2.75, 3.05) is 12.0 Å². The van der Waals surface area contributed by atoms with Gasteiger partial charge < -0.3 is 4.74 Å². The van der Waals surface area contributed by atoms with Gasteiger partial charge in [-0.1, -0.05) is 31.5 Å². The number of hydrazone groups is 1. The number of unbranched alkanes of at least 4 members (excludes halogenated alkanes) is 1. The molecule has 0 atom stereocenters. The first-order valence-electron chi connectivity index (χ1n) is 7.06. The molecule has 2 rings (SSSR count). The highest BCUT2D eigenvalue weighted by Gasteiger charge is 2.03. The highest BCUT2D eigenvalue weighted by atomic mass is 19.1. The fraction of sp³-hybridized carbons (Fsp3) is 0.235. The summed E-state index contributed by atoms with van der Waals surface area (Å²) in [5.41, 5.74) is 4.39. The first kappa shape index (κ1) is 15.0. The Kier molecular flexibility index (Phi) is 5.76. The number of benzene rings is 2. The Morgan fingerprint density at radius 2 is 2.00 bits per heavy atom. The van der Waals surface area contributed by atoms with Crippen molar-refractivity contribution in [3.8, 4) is 5.75 Å². The van der Waals surface area contributed by atoms with Gasteiger partial charge in [0.2, 0.25) is 0 Å². The van der Waals surface area contributed by atoms with Crippen molar-refractivity contribution in [3.63, 3.8) is 0 Å². The predicted octanol–water partition coefficient (Wildman–Crippen LogP) is 4.45. The number of hydrogen-bond donors (Lipinski definition) is 1. The molecule has 0 amide bonds. The lowest BCUT2D eigenvalue weighted by atomic mass is 10.2. The second kappa shape index (κ2) is 8.04.